The Morgan fingerprint density at radius 2 is 1.90 bits per heavy atom. The van der Waals surface area contributed by atoms with Crippen LogP contribution in [-0.4, -0.2) is 4.98 Å². The van der Waals surface area contributed by atoms with Gasteiger partial charge in [0.25, 0.3) is 5.56 Å². The first-order chi connectivity index (χ1) is 9.76. The first-order valence-electron chi connectivity index (χ1n) is 6.33. The van der Waals surface area contributed by atoms with Crippen molar-refractivity contribution in [3.05, 3.63) is 76.1 Å². The molecule has 0 fully saturated rings. The number of hydrogen-bond acceptors (Lipinski definition) is 3. The van der Waals surface area contributed by atoms with Crippen molar-refractivity contribution in [1.82, 2.24) is 4.98 Å². The van der Waals surface area contributed by atoms with E-state index in [4.69, 9.17) is 5.14 Å². The monoisotopic (exact) mass is 282 g/mol. The molecule has 0 aliphatic heterocycles. The Labute approximate surface area is 121 Å². The standard InChI is InChI=1S/C16H14N2OS/c17-20-14-6-3-4-11(9-14)8-13-10-12-5-1-2-7-15(12)18-16(13)19/h1-7,9-10H,8,17H2,(H,18,19). The summed E-state index contributed by atoms with van der Waals surface area (Å²) in [5, 5.41) is 6.61. The fourth-order valence-electron chi connectivity index (χ4n) is 2.27. The van der Waals surface area contributed by atoms with Crippen molar-refractivity contribution in [3.8, 4) is 0 Å². The molecule has 2 aromatic carbocycles. The van der Waals surface area contributed by atoms with E-state index >= 15 is 0 Å². The molecule has 0 aliphatic rings. The van der Waals surface area contributed by atoms with Gasteiger partial charge in [-0.3, -0.25) is 9.93 Å². The quantitative estimate of drug-likeness (QED) is 0.726. The number of aromatic nitrogens is 1. The topological polar surface area (TPSA) is 58.9 Å². The van der Waals surface area contributed by atoms with E-state index in [0.29, 0.717) is 6.42 Å². The van der Waals surface area contributed by atoms with E-state index in [1.54, 1.807) is 0 Å². The third-order valence-corrected chi connectivity index (χ3v) is 3.79. The summed E-state index contributed by atoms with van der Waals surface area (Å²) in [6, 6.07) is 17.7. The number of nitrogens with one attached hydrogen (secondary N) is 1. The van der Waals surface area contributed by atoms with E-state index in [0.717, 1.165) is 26.9 Å². The van der Waals surface area contributed by atoms with Crippen molar-refractivity contribution in [2.24, 2.45) is 5.14 Å². The smallest absolute Gasteiger partial charge is 0.251 e. The maximum atomic E-state index is 12.1. The second-order valence-corrected chi connectivity index (χ2v) is 5.36. The Morgan fingerprint density at radius 1 is 1.05 bits per heavy atom. The second-order valence-electron chi connectivity index (χ2n) is 4.65. The highest BCUT2D eigenvalue weighted by Crippen LogP contribution is 2.17. The van der Waals surface area contributed by atoms with Gasteiger partial charge in [-0.25, -0.2) is 0 Å². The molecule has 0 spiro atoms. The van der Waals surface area contributed by atoms with Gasteiger partial charge in [-0.15, -0.1) is 0 Å². The van der Waals surface area contributed by atoms with E-state index < -0.39 is 0 Å². The zero-order valence-corrected chi connectivity index (χ0v) is 11.6. The Bertz CT molecular complexity index is 811. The summed E-state index contributed by atoms with van der Waals surface area (Å²) in [6.45, 7) is 0. The summed E-state index contributed by atoms with van der Waals surface area (Å²) in [7, 11) is 0. The van der Waals surface area contributed by atoms with E-state index in [9.17, 15) is 4.79 Å². The summed E-state index contributed by atoms with van der Waals surface area (Å²) in [5.41, 5.74) is 2.69. The van der Waals surface area contributed by atoms with Gasteiger partial charge in [0.2, 0.25) is 0 Å². The minimum Gasteiger partial charge on any atom is -0.322 e. The van der Waals surface area contributed by atoms with E-state index in [1.165, 1.54) is 11.9 Å². The molecule has 3 rings (SSSR count). The average Bonchev–Trinajstić information content (AvgIpc) is 2.48. The minimum absolute atomic E-state index is 0.0329. The van der Waals surface area contributed by atoms with Gasteiger partial charge in [-0.05, 0) is 47.2 Å². The van der Waals surface area contributed by atoms with Crippen LogP contribution in [0.3, 0.4) is 0 Å². The van der Waals surface area contributed by atoms with Crippen molar-refractivity contribution in [1.29, 1.82) is 0 Å². The molecule has 0 bridgehead atoms. The van der Waals surface area contributed by atoms with E-state index in [2.05, 4.69) is 4.98 Å². The maximum absolute atomic E-state index is 12.1. The number of hydrogen-bond donors (Lipinski definition) is 2. The lowest BCUT2D eigenvalue weighted by Crippen LogP contribution is -2.12. The lowest BCUT2D eigenvalue weighted by atomic mass is 10.0. The summed E-state index contributed by atoms with van der Waals surface area (Å²) in [5.74, 6) is 0. The van der Waals surface area contributed by atoms with Crippen LogP contribution in [0.25, 0.3) is 10.9 Å². The van der Waals surface area contributed by atoms with Crippen molar-refractivity contribution >= 4 is 22.9 Å². The third kappa shape index (κ3) is 2.61. The Morgan fingerprint density at radius 3 is 2.75 bits per heavy atom. The van der Waals surface area contributed by atoms with Gasteiger partial charge in [-0.2, -0.15) is 0 Å². The van der Waals surface area contributed by atoms with Gasteiger partial charge in [-0.1, -0.05) is 30.3 Å². The van der Waals surface area contributed by atoms with Crippen LogP contribution in [0, 0.1) is 0 Å². The number of H-pyrrole nitrogens is 1. The molecule has 0 radical (unpaired) electrons. The molecule has 3 nitrogen and oxygen atoms in total. The number of nitrogens with two attached hydrogens (primary N) is 1. The summed E-state index contributed by atoms with van der Waals surface area (Å²) >= 11 is 1.21. The first kappa shape index (κ1) is 13.0. The van der Waals surface area contributed by atoms with Crippen LogP contribution in [-0.2, 0) is 6.42 Å². The summed E-state index contributed by atoms with van der Waals surface area (Å²) in [4.78, 5) is 16.0. The number of benzene rings is 2. The maximum Gasteiger partial charge on any atom is 0.251 e. The lowest BCUT2D eigenvalue weighted by molar-refractivity contribution is 1.11. The molecule has 0 unspecified atom stereocenters. The zero-order chi connectivity index (χ0) is 13.9. The normalized spacial score (nSPS) is 10.8. The number of pyridine rings is 1. The molecule has 0 aliphatic carbocycles. The fraction of sp³-hybridized carbons (Fsp3) is 0.0625. The van der Waals surface area contributed by atoms with Crippen LogP contribution in [0.1, 0.15) is 11.1 Å². The highest BCUT2D eigenvalue weighted by Gasteiger charge is 2.04. The van der Waals surface area contributed by atoms with Crippen LogP contribution in [0.4, 0.5) is 0 Å². The predicted molar refractivity (Wildman–Crippen MR) is 83.9 cm³/mol. The van der Waals surface area contributed by atoms with Gasteiger partial charge in [0, 0.05) is 22.4 Å². The molecule has 4 heteroatoms. The Hall–Kier alpha value is -2.04. The number of fused-ring (bicyclic) bond motifs is 1. The van der Waals surface area contributed by atoms with Crippen molar-refractivity contribution in [3.63, 3.8) is 0 Å². The Kier molecular flexibility index (Phi) is 3.58. The molecule has 1 aromatic heterocycles. The molecule has 3 N–H and O–H groups in total. The fourth-order valence-corrected chi connectivity index (χ4v) is 2.65. The van der Waals surface area contributed by atoms with Crippen molar-refractivity contribution in [2.75, 3.05) is 0 Å². The van der Waals surface area contributed by atoms with Crippen LogP contribution in [0.2, 0.25) is 0 Å². The summed E-state index contributed by atoms with van der Waals surface area (Å²) < 4.78 is 0. The molecule has 3 aromatic rings. The second kappa shape index (κ2) is 5.53. The van der Waals surface area contributed by atoms with E-state index in [1.807, 2.05) is 54.6 Å². The Balaban J connectivity index is 2.01. The van der Waals surface area contributed by atoms with Crippen LogP contribution in [0.5, 0.6) is 0 Å². The van der Waals surface area contributed by atoms with Crippen molar-refractivity contribution in [2.45, 2.75) is 11.3 Å². The largest absolute Gasteiger partial charge is 0.322 e. The minimum atomic E-state index is -0.0329. The molecule has 0 amide bonds. The van der Waals surface area contributed by atoms with Crippen LogP contribution >= 0.6 is 11.9 Å². The third-order valence-electron chi connectivity index (χ3n) is 3.26. The predicted octanol–water partition coefficient (Wildman–Crippen LogP) is 3.08. The molecular weight excluding hydrogens is 268 g/mol. The molecule has 100 valence electrons. The van der Waals surface area contributed by atoms with Gasteiger partial charge in [0.15, 0.2) is 0 Å². The average molecular weight is 282 g/mol. The van der Waals surface area contributed by atoms with Gasteiger partial charge < -0.3 is 4.98 Å². The summed E-state index contributed by atoms with van der Waals surface area (Å²) in [6.07, 6.45) is 0.606. The van der Waals surface area contributed by atoms with Crippen LogP contribution in [0.15, 0.2) is 64.3 Å². The lowest BCUT2D eigenvalue weighted by Gasteiger charge is -2.05. The number of para-hydroxylation sites is 1. The molecule has 20 heavy (non-hydrogen) atoms. The van der Waals surface area contributed by atoms with Gasteiger partial charge in [0.05, 0.1) is 0 Å². The molecule has 0 saturated heterocycles. The van der Waals surface area contributed by atoms with E-state index in [-0.39, 0.29) is 5.56 Å². The highest BCUT2D eigenvalue weighted by atomic mass is 32.2. The first-order valence-corrected chi connectivity index (χ1v) is 7.21. The highest BCUT2D eigenvalue weighted by molar-refractivity contribution is 7.97. The molecular formula is C16H14N2OS. The SMILES string of the molecule is NSc1cccc(Cc2cc3ccccc3[nH]c2=O)c1. The molecule has 1 heterocycles. The molecule has 0 saturated carbocycles. The molecule has 0 atom stereocenters. The van der Waals surface area contributed by atoms with Crippen LogP contribution < -0.4 is 10.7 Å². The van der Waals surface area contributed by atoms with Gasteiger partial charge in [0.1, 0.15) is 0 Å². The number of rotatable bonds is 3. The van der Waals surface area contributed by atoms with Gasteiger partial charge >= 0.3 is 0 Å². The zero-order valence-electron chi connectivity index (χ0n) is 10.8. The van der Waals surface area contributed by atoms with Crippen molar-refractivity contribution < 1.29 is 0 Å². The number of aromatic amines is 1.